The molecule has 0 spiro atoms. The predicted octanol–water partition coefficient (Wildman–Crippen LogP) is 17.6. The average Bonchev–Trinajstić information content (AvgIpc) is 1.80. The van der Waals surface area contributed by atoms with Crippen molar-refractivity contribution in [3.8, 4) is 80.5 Å². The summed E-state index contributed by atoms with van der Waals surface area (Å²) < 4.78 is 148. The number of aromatic nitrogens is 4. The van der Waals surface area contributed by atoms with E-state index in [0.717, 1.165) is 101 Å². The zero-order valence-corrected chi connectivity index (χ0v) is 73.2. The summed E-state index contributed by atoms with van der Waals surface area (Å²) in [6.45, 7) is 6.34. The van der Waals surface area contributed by atoms with Crippen molar-refractivity contribution in [2.75, 3.05) is 131 Å². The molecule has 8 aromatic carbocycles. The van der Waals surface area contributed by atoms with Crippen LogP contribution >= 0.6 is 45.3 Å². The van der Waals surface area contributed by atoms with E-state index in [0.29, 0.717) is 59.9 Å². The van der Waals surface area contributed by atoms with E-state index >= 15 is 0 Å². The van der Waals surface area contributed by atoms with Crippen molar-refractivity contribution in [2.45, 2.75) is 26.2 Å². The van der Waals surface area contributed by atoms with Crippen molar-refractivity contribution in [1.29, 1.82) is 0 Å². The van der Waals surface area contributed by atoms with E-state index in [1.54, 1.807) is 54.1 Å². The smallest absolute Gasteiger partial charge is 0.355 e. The second-order valence-corrected chi connectivity index (χ2v) is 29.6. The summed E-state index contributed by atoms with van der Waals surface area (Å²) in [5.74, 6) is -4.45. The lowest BCUT2D eigenvalue weighted by atomic mass is 10.2. The molecule has 1 saturated heterocycles. The Hall–Kier alpha value is -15.3. The number of anilines is 8. The van der Waals surface area contributed by atoms with Crippen molar-refractivity contribution in [1.82, 2.24) is 30.2 Å². The minimum absolute atomic E-state index is 0.00136. The molecule has 1 aliphatic rings. The van der Waals surface area contributed by atoms with Crippen LogP contribution in [0.1, 0.15) is 34.5 Å². The number of carbonyl (C=O) groups is 8. The van der Waals surface area contributed by atoms with Gasteiger partial charge in [0.25, 0.3) is 0 Å². The summed E-state index contributed by atoms with van der Waals surface area (Å²) in [4.78, 5) is 113. The van der Waals surface area contributed by atoms with Gasteiger partial charge in [0.1, 0.15) is 23.3 Å². The summed E-state index contributed by atoms with van der Waals surface area (Å²) in [6.07, 6.45) is -0.223. The van der Waals surface area contributed by atoms with E-state index in [4.69, 9.17) is 67.1 Å². The molecular weight excluding hydrogens is 1810 g/mol. The molecule has 688 valence electrons. The van der Waals surface area contributed by atoms with Gasteiger partial charge in [-0.3, -0.25) is 40.6 Å². The van der Waals surface area contributed by atoms with Crippen LogP contribution in [0.3, 0.4) is 0 Å². The number of hydrogen-bond donors (Lipinski definition) is 11. The number of carboxylic acids is 2. The molecule has 13 rings (SSSR count). The highest BCUT2D eigenvalue weighted by molar-refractivity contribution is 7.15. The molecular formula is C85H80F6N14O22S4. The summed E-state index contributed by atoms with van der Waals surface area (Å²) in [6, 6.07) is 29.4. The van der Waals surface area contributed by atoms with Gasteiger partial charge in [-0.2, -0.15) is 0 Å². The molecule has 0 saturated carbocycles. The lowest BCUT2D eigenvalue weighted by Gasteiger charge is -2.26. The van der Waals surface area contributed by atoms with Crippen LogP contribution in [0, 0.1) is 34.9 Å². The standard InChI is InChI=1S/C25H27F2N5O5S.C22H22FN3O6S.C19H15F2N3O5S.C19H16FN3O6S/c1-35-21-4-2-3-18(27)23(21)37-20-6-5-16(26)13-19(20)30-24(34)31-25-29-17(15-38-25)14-22(33)28-7-8-32-9-11-36-12-10-32;1-4-31-19(27)11-14-12-33-22(24-14)26-21(28)25-15-10-13(23)8-9-16(15)32-18-7-5-6-17(29-2)20(18)30-3;1-28-15-4-2-3-12(21)17(15)29-14-6-5-10(20)7-13(14)23-18(27)24-19-22-11(9-30-19)8-16(25)26;1-27-14-4-3-5-15(16(14)28-2)29-13-7-6-10(20)8-11(13)21-18(26)23-19-22-12(9-30-19)17(24)25/h2-6,13,15H,7-12,14H2,1H3,(H,28,33)(H2,29,30,31,34);5-10,12H,4,11H2,1-3H3,(H2,24,25,26,28);2-7,9H,8H2,1H3,(H,25,26)(H2,22,23,24,27);3-9H,1-2H3,(H,24,25)(H2,21,22,23,26). The molecule has 46 heteroatoms. The molecule has 1 aliphatic heterocycles. The SMILES string of the molecule is CCOC(=O)Cc1csc(NC(=O)Nc2cc(F)ccc2Oc2cccc(OC)c2OC)n1.COc1cccc(F)c1Oc1ccc(F)cc1NC(=O)Nc1nc(CC(=O)NCCN2CCOCC2)cs1.COc1cccc(F)c1Oc1ccc(F)cc1NC(=O)Nc1nc(CC(=O)O)cs1.COc1cccc(Oc2ccc(F)cc2NC(=O)Nc2nc(C(=O)O)cs2)c1OC. The number of carboxylic acid groups (broad SMARTS) is 2. The number of nitrogens with zero attached hydrogens (tertiary/aromatic N) is 5. The molecule has 5 heterocycles. The molecule has 0 bridgehead atoms. The Morgan fingerprint density at radius 2 is 0.740 bits per heavy atom. The van der Waals surface area contributed by atoms with Gasteiger partial charge in [-0.15, -0.1) is 45.3 Å². The molecule has 0 aliphatic carbocycles. The number of methoxy groups -OCH3 is 6. The number of esters is 1. The van der Waals surface area contributed by atoms with Gasteiger partial charge in [-0.05, 0) is 104 Å². The van der Waals surface area contributed by atoms with E-state index < -0.39 is 76.9 Å². The fourth-order valence-corrected chi connectivity index (χ4v) is 14.1. The molecule has 0 radical (unpaired) electrons. The Kier molecular flexibility index (Phi) is 36.3. The quantitative estimate of drug-likeness (QED) is 0.0134. The lowest BCUT2D eigenvalue weighted by molar-refractivity contribution is -0.142. The zero-order chi connectivity index (χ0) is 94.0. The highest BCUT2D eigenvalue weighted by Gasteiger charge is 2.25. The highest BCUT2D eigenvalue weighted by atomic mass is 32.1. The third-order valence-electron chi connectivity index (χ3n) is 17.1. The molecule has 12 aromatic rings. The first-order valence-corrected chi connectivity index (χ1v) is 41.9. The Balaban J connectivity index is 0.000000182. The molecule has 9 amide bonds. The van der Waals surface area contributed by atoms with Gasteiger partial charge in [0.15, 0.2) is 95.3 Å². The van der Waals surface area contributed by atoms with E-state index in [9.17, 15) is 64.7 Å². The maximum absolute atomic E-state index is 14.3. The van der Waals surface area contributed by atoms with Crippen LogP contribution in [-0.2, 0) is 43.1 Å². The monoisotopic (exact) mass is 1890 g/mol. The number of amides is 9. The topological polar surface area (TPSA) is 451 Å². The lowest BCUT2D eigenvalue weighted by Crippen LogP contribution is -2.41. The zero-order valence-electron chi connectivity index (χ0n) is 69.9. The van der Waals surface area contributed by atoms with E-state index in [1.165, 1.54) is 126 Å². The van der Waals surface area contributed by atoms with Crippen molar-refractivity contribution in [3.63, 3.8) is 0 Å². The number of benzene rings is 8. The summed E-state index contributed by atoms with van der Waals surface area (Å²) in [7, 11) is 8.58. The van der Waals surface area contributed by atoms with Crippen LogP contribution < -0.4 is 95.2 Å². The summed E-state index contributed by atoms with van der Waals surface area (Å²) in [5, 5.41) is 47.1. The first kappa shape index (κ1) is 97.9. The summed E-state index contributed by atoms with van der Waals surface area (Å²) in [5.41, 5.74) is 1.06. The predicted molar refractivity (Wildman–Crippen MR) is 473 cm³/mol. The van der Waals surface area contributed by atoms with Gasteiger partial charge >= 0.3 is 42.0 Å². The van der Waals surface area contributed by atoms with Crippen LogP contribution in [0.15, 0.2) is 167 Å². The van der Waals surface area contributed by atoms with Gasteiger partial charge in [0.05, 0.1) is 122 Å². The summed E-state index contributed by atoms with van der Waals surface area (Å²) >= 11 is 4.24. The van der Waals surface area contributed by atoms with Crippen molar-refractivity contribution in [3.05, 3.63) is 225 Å². The number of para-hydroxylation sites is 4. The van der Waals surface area contributed by atoms with Crippen LogP contribution in [0.2, 0.25) is 0 Å². The normalized spacial score (nSPS) is 11.2. The van der Waals surface area contributed by atoms with Crippen molar-refractivity contribution in [2.24, 2.45) is 0 Å². The molecule has 1 fully saturated rings. The Labute approximate surface area is 757 Å². The van der Waals surface area contributed by atoms with Crippen LogP contribution in [-0.4, -0.2) is 172 Å². The average molecular weight is 1890 g/mol. The molecule has 4 aromatic heterocycles. The Morgan fingerprint density at radius 1 is 0.397 bits per heavy atom. The largest absolute Gasteiger partial charge is 0.493 e. The number of aromatic carboxylic acids is 1. The number of rotatable bonds is 33. The number of aliphatic carboxylic acids is 1. The second-order valence-electron chi connectivity index (χ2n) is 26.1. The Bertz CT molecular complexity index is 6010. The molecule has 0 unspecified atom stereocenters. The van der Waals surface area contributed by atoms with Crippen molar-refractivity contribution < 1.29 is 132 Å². The highest BCUT2D eigenvalue weighted by Crippen LogP contribution is 2.45. The Morgan fingerprint density at radius 3 is 1.10 bits per heavy atom. The van der Waals surface area contributed by atoms with Gasteiger partial charge in [-0.25, -0.2) is 70.3 Å². The number of ether oxygens (including phenoxy) is 12. The minimum atomic E-state index is -1.22. The number of halogens is 6. The molecule has 11 N–H and O–H groups in total. The molecule has 0 atom stereocenters. The van der Waals surface area contributed by atoms with E-state index in [2.05, 4.69) is 72.7 Å². The molecule has 131 heavy (non-hydrogen) atoms. The van der Waals surface area contributed by atoms with Gasteiger partial charge in [-0.1, -0.05) is 24.3 Å². The fourth-order valence-electron chi connectivity index (χ4n) is 11.3. The first-order valence-electron chi connectivity index (χ1n) is 38.4. The fraction of sp³-hybridized carbons (Fsp3) is 0.200. The minimum Gasteiger partial charge on any atom is -0.493 e. The number of hydrogen-bond acceptors (Lipinski definition) is 29. The first-order chi connectivity index (χ1) is 63.1. The van der Waals surface area contributed by atoms with Crippen LogP contribution in [0.4, 0.5) is 88.8 Å². The number of morpholine rings is 1. The number of nitrogens with one attached hydrogen (secondary N) is 9. The third kappa shape index (κ3) is 29.7. The van der Waals surface area contributed by atoms with E-state index in [-0.39, 0.29) is 138 Å². The number of thiazole rings is 4. The van der Waals surface area contributed by atoms with Gasteiger partial charge in [0.2, 0.25) is 28.9 Å². The molecule has 36 nitrogen and oxygen atoms in total. The number of urea groups is 4. The van der Waals surface area contributed by atoms with E-state index in [1.807, 2.05) is 0 Å². The maximum atomic E-state index is 14.3. The van der Waals surface area contributed by atoms with Crippen molar-refractivity contribution >= 4 is 137 Å². The number of carbonyl (C=O) groups excluding carboxylic acids is 6. The van der Waals surface area contributed by atoms with Gasteiger partial charge in [0, 0.05) is 72.0 Å². The van der Waals surface area contributed by atoms with Crippen LogP contribution in [0.5, 0.6) is 80.5 Å². The second kappa shape index (κ2) is 48.6. The maximum Gasteiger partial charge on any atom is 0.355 e. The van der Waals surface area contributed by atoms with Crippen LogP contribution in [0.25, 0.3) is 0 Å². The third-order valence-corrected chi connectivity index (χ3v) is 20.3. The van der Waals surface area contributed by atoms with Gasteiger partial charge < -0.3 is 93.6 Å².